The molecule has 0 radical (unpaired) electrons. The highest BCUT2D eigenvalue weighted by Gasteiger charge is 2.36. The summed E-state index contributed by atoms with van der Waals surface area (Å²) in [6.45, 7) is 6.61. The smallest absolute Gasteiger partial charge is 0.218 e. The molecule has 0 saturated carbocycles. The minimum atomic E-state index is -3.06. The highest BCUT2D eigenvalue weighted by atomic mass is 32.2. The minimum Gasteiger partial charge on any atom is -0.315 e. The van der Waals surface area contributed by atoms with Crippen molar-refractivity contribution in [1.82, 2.24) is 14.5 Å². The Bertz CT molecular complexity index is 406. The van der Waals surface area contributed by atoms with Crippen LogP contribution in [0.5, 0.6) is 0 Å². The van der Waals surface area contributed by atoms with Crippen LogP contribution in [0.2, 0.25) is 0 Å². The van der Waals surface area contributed by atoms with E-state index in [1.165, 1.54) is 32.5 Å². The van der Waals surface area contributed by atoms with Crippen molar-refractivity contribution in [1.29, 1.82) is 0 Å². The van der Waals surface area contributed by atoms with Gasteiger partial charge in [0.25, 0.3) is 0 Å². The molecule has 0 aromatic rings. The lowest BCUT2D eigenvalue weighted by molar-refractivity contribution is 0.205. The zero-order chi connectivity index (χ0) is 14.0. The molecule has 1 unspecified atom stereocenters. The maximum Gasteiger partial charge on any atom is 0.218 e. The molecular weight excluding hydrogens is 274 g/mol. The number of rotatable bonds is 4. The number of likely N-dealkylation sites (tertiary alicyclic amines) is 1. The largest absolute Gasteiger partial charge is 0.315 e. The van der Waals surface area contributed by atoms with Gasteiger partial charge in [-0.2, -0.15) is 0 Å². The zero-order valence-electron chi connectivity index (χ0n) is 12.3. The van der Waals surface area contributed by atoms with E-state index in [9.17, 15) is 8.42 Å². The molecule has 3 heterocycles. The fraction of sp³-hybridized carbons (Fsp3) is 1.00. The van der Waals surface area contributed by atoms with E-state index in [0.717, 1.165) is 38.9 Å². The summed E-state index contributed by atoms with van der Waals surface area (Å²) in [5, 5.41) is 2.98. The molecule has 20 heavy (non-hydrogen) atoms. The van der Waals surface area contributed by atoms with Crippen molar-refractivity contribution in [2.75, 3.05) is 45.8 Å². The second-order valence-corrected chi connectivity index (χ2v) is 8.72. The van der Waals surface area contributed by atoms with Gasteiger partial charge in [-0.25, -0.2) is 12.7 Å². The number of nitrogens with one attached hydrogen (secondary N) is 1. The van der Waals surface area contributed by atoms with E-state index in [4.69, 9.17) is 0 Å². The first-order valence-electron chi connectivity index (χ1n) is 8.08. The molecule has 5 nitrogen and oxygen atoms in total. The summed E-state index contributed by atoms with van der Waals surface area (Å²) in [7, 11) is -3.06. The Morgan fingerprint density at radius 3 is 2.30 bits per heavy atom. The van der Waals surface area contributed by atoms with Crippen molar-refractivity contribution < 1.29 is 8.42 Å². The Labute approximate surface area is 122 Å². The third-order valence-electron chi connectivity index (χ3n) is 5.08. The van der Waals surface area contributed by atoms with Gasteiger partial charge in [0.05, 0.1) is 5.25 Å². The Balaban J connectivity index is 1.50. The van der Waals surface area contributed by atoms with E-state index in [1.807, 2.05) is 0 Å². The quantitative estimate of drug-likeness (QED) is 0.821. The predicted octanol–water partition coefficient (Wildman–Crippen LogP) is 0.486. The highest BCUT2D eigenvalue weighted by Crippen LogP contribution is 2.25. The number of piperidine rings is 1. The molecule has 3 saturated heterocycles. The summed E-state index contributed by atoms with van der Waals surface area (Å²) in [6, 6.07) is 0. The molecule has 3 aliphatic rings. The summed E-state index contributed by atoms with van der Waals surface area (Å²) in [6.07, 6.45) is 5.52. The van der Waals surface area contributed by atoms with E-state index in [2.05, 4.69) is 10.2 Å². The summed E-state index contributed by atoms with van der Waals surface area (Å²) in [5.74, 6) is 0.696. The van der Waals surface area contributed by atoms with Crippen LogP contribution in [0.3, 0.4) is 0 Å². The van der Waals surface area contributed by atoms with Crippen LogP contribution >= 0.6 is 0 Å². The van der Waals surface area contributed by atoms with Gasteiger partial charge in [-0.1, -0.05) is 0 Å². The van der Waals surface area contributed by atoms with E-state index in [0.29, 0.717) is 12.5 Å². The van der Waals surface area contributed by atoms with E-state index < -0.39 is 10.0 Å². The van der Waals surface area contributed by atoms with Gasteiger partial charge in [0, 0.05) is 26.2 Å². The van der Waals surface area contributed by atoms with Crippen LogP contribution in [-0.4, -0.2) is 68.7 Å². The molecule has 0 bridgehead atoms. The number of hydrogen-bond acceptors (Lipinski definition) is 4. The fourth-order valence-corrected chi connectivity index (χ4v) is 5.66. The maximum atomic E-state index is 12.5. The molecule has 0 spiro atoms. The minimum absolute atomic E-state index is 0.183. The van der Waals surface area contributed by atoms with Crippen LogP contribution < -0.4 is 5.32 Å². The molecule has 116 valence electrons. The lowest BCUT2D eigenvalue weighted by Crippen LogP contribution is -2.45. The van der Waals surface area contributed by atoms with Crippen molar-refractivity contribution in [3.05, 3.63) is 0 Å². The molecule has 0 amide bonds. The molecule has 1 atom stereocenters. The van der Waals surface area contributed by atoms with Gasteiger partial charge in [-0.05, 0) is 57.7 Å². The predicted molar refractivity (Wildman–Crippen MR) is 80.2 cm³/mol. The van der Waals surface area contributed by atoms with Gasteiger partial charge >= 0.3 is 0 Å². The summed E-state index contributed by atoms with van der Waals surface area (Å²) >= 11 is 0. The molecule has 0 aromatic heterocycles. The van der Waals surface area contributed by atoms with Crippen molar-refractivity contribution >= 4 is 10.0 Å². The standard InChI is InChI=1S/C14H27N3O2S/c18-20(19,14-3-6-15-11-14)17-9-4-13(5-10-17)12-16-7-1-2-8-16/h13-15H,1-12H2. The van der Waals surface area contributed by atoms with Crippen molar-refractivity contribution in [2.24, 2.45) is 5.92 Å². The Kier molecular flexibility index (Phi) is 4.65. The molecule has 1 N–H and O–H groups in total. The van der Waals surface area contributed by atoms with Gasteiger partial charge in [0.15, 0.2) is 0 Å². The van der Waals surface area contributed by atoms with E-state index in [1.54, 1.807) is 4.31 Å². The molecular formula is C14H27N3O2S. The van der Waals surface area contributed by atoms with Crippen LogP contribution in [0, 0.1) is 5.92 Å². The van der Waals surface area contributed by atoms with Crippen LogP contribution in [0.4, 0.5) is 0 Å². The fourth-order valence-electron chi connectivity index (χ4n) is 3.77. The Morgan fingerprint density at radius 1 is 1.00 bits per heavy atom. The Morgan fingerprint density at radius 2 is 1.70 bits per heavy atom. The van der Waals surface area contributed by atoms with E-state index in [-0.39, 0.29) is 5.25 Å². The van der Waals surface area contributed by atoms with Gasteiger partial charge in [-0.3, -0.25) is 0 Å². The van der Waals surface area contributed by atoms with Crippen LogP contribution in [0.25, 0.3) is 0 Å². The molecule has 0 aliphatic carbocycles. The Hall–Kier alpha value is -0.170. The van der Waals surface area contributed by atoms with Crippen molar-refractivity contribution in [2.45, 2.75) is 37.4 Å². The first-order chi connectivity index (χ1) is 9.66. The average molecular weight is 301 g/mol. The topological polar surface area (TPSA) is 52.7 Å². The average Bonchev–Trinajstić information content (AvgIpc) is 3.12. The zero-order valence-corrected chi connectivity index (χ0v) is 13.1. The molecule has 6 heteroatoms. The monoisotopic (exact) mass is 301 g/mol. The van der Waals surface area contributed by atoms with Gasteiger partial charge in [-0.15, -0.1) is 0 Å². The highest BCUT2D eigenvalue weighted by molar-refractivity contribution is 7.89. The van der Waals surface area contributed by atoms with Crippen LogP contribution in [0.15, 0.2) is 0 Å². The molecule has 3 fully saturated rings. The maximum absolute atomic E-state index is 12.5. The van der Waals surface area contributed by atoms with Gasteiger partial charge < -0.3 is 10.2 Å². The second-order valence-electron chi connectivity index (χ2n) is 6.51. The summed E-state index contributed by atoms with van der Waals surface area (Å²) in [4.78, 5) is 2.55. The van der Waals surface area contributed by atoms with Crippen molar-refractivity contribution in [3.8, 4) is 0 Å². The molecule has 3 rings (SSSR count). The lowest BCUT2D eigenvalue weighted by Gasteiger charge is -2.34. The molecule has 3 aliphatic heterocycles. The number of nitrogens with zero attached hydrogens (tertiary/aromatic N) is 2. The van der Waals surface area contributed by atoms with Gasteiger partial charge in [0.2, 0.25) is 10.0 Å². The normalized spacial score (nSPS) is 31.1. The van der Waals surface area contributed by atoms with Crippen molar-refractivity contribution in [3.63, 3.8) is 0 Å². The first kappa shape index (κ1) is 14.8. The SMILES string of the molecule is O=S(=O)(C1CCNC1)N1CCC(CN2CCCC2)CC1. The number of hydrogen-bond donors (Lipinski definition) is 1. The summed E-state index contributed by atoms with van der Waals surface area (Å²) < 4.78 is 26.8. The third kappa shape index (κ3) is 3.18. The number of sulfonamides is 1. The lowest BCUT2D eigenvalue weighted by atomic mass is 9.98. The molecule has 0 aromatic carbocycles. The third-order valence-corrected chi connectivity index (χ3v) is 7.41. The second kappa shape index (κ2) is 6.30. The van der Waals surface area contributed by atoms with E-state index >= 15 is 0 Å². The van der Waals surface area contributed by atoms with Crippen LogP contribution in [0.1, 0.15) is 32.1 Å². The summed E-state index contributed by atoms with van der Waals surface area (Å²) in [5.41, 5.74) is 0. The van der Waals surface area contributed by atoms with Crippen LogP contribution in [-0.2, 0) is 10.0 Å². The van der Waals surface area contributed by atoms with Gasteiger partial charge in [0.1, 0.15) is 0 Å². The first-order valence-corrected chi connectivity index (χ1v) is 9.58.